The summed E-state index contributed by atoms with van der Waals surface area (Å²) < 4.78 is 36.8. The van der Waals surface area contributed by atoms with Crippen LogP contribution in [-0.4, -0.2) is 36.3 Å². The van der Waals surface area contributed by atoms with Gasteiger partial charge in [0, 0.05) is 13.1 Å². The number of rotatable bonds is 5. The molecule has 0 amide bonds. The highest BCUT2D eigenvalue weighted by Crippen LogP contribution is 2.33. The summed E-state index contributed by atoms with van der Waals surface area (Å²) in [7, 11) is -3.58. The Kier molecular flexibility index (Phi) is 3.56. The van der Waals surface area contributed by atoms with Crippen molar-refractivity contribution in [1.82, 2.24) is 14.5 Å². The molecule has 0 unspecified atom stereocenters. The van der Waals surface area contributed by atoms with Gasteiger partial charge in [-0.1, -0.05) is 13.0 Å². The van der Waals surface area contributed by atoms with E-state index in [2.05, 4.69) is 10.2 Å². The minimum atomic E-state index is -3.58. The van der Waals surface area contributed by atoms with Crippen LogP contribution in [0.25, 0.3) is 0 Å². The Morgan fingerprint density at radius 1 is 1.29 bits per heavy atom. The summed E-state index contributed by atoms with van der Waals surface area (Å²) in [6, 6.07) is 6.86. The standard InChI is InChI=1S/C13H15N3O4S/c1-2-16(21(17,18)13-5-6-14-15-13)8-10-3-4-11-12(7-10)20-9-19-11/h3-7H,2,8-9H2,1H3,(H,14,15). The molecule has 3 rings (SSSR count). The molecule has 1 aromatic heterocycles. The van der Waals surface area contributed by atoms with Crippen molar-refractivity contribution >= 4 is 10.0 Å². The van der Waals surface area contributed by atoms with E-state index in [9.17, 15) is 8.42 Å². The summed E-state index contributed by atoms with van der Waals surface area (Å²) in [5.41, 5.74) is 0.837. The molecule has 1 N–H and O–H groups in total. The lowest BCUT2D eigenvalue weighted by molar-refractivity contribution is 0.174. The van der Waals surface area contributed by atoms with Crippen LogP contribution in [0.15, 0.2) is 35.5 Å². The third kappa shape index (κ3) is 2.59. The van der Waals surface area contributed by atoms with Crippen molar-refractivity contribution in [2.24, 2.45) is 0 Å². The number of aromatic nitrogens is 2. The zero-order valence-electron chi connectivity index (χ0n) is 11.4. The van der Waals surface area contributed by atoms with E-state index >= 15 is 0 Å². The van der Waals surface area contributed by atoms with Gasteiger partial charge in [-0.3, -0.25) is 5.10 Å². The third-order valence-electron chi connectivity index (χ3n) is 3.24. The highest BCUT2D eigenvalue weighted by Gasteiger charge is 2.25. The van der Waals surface area contributed by atoms with E-state index in [1.165, 1.54) is 16.6 Å². The van der Waals surface area contributed by atoms with Crippen molar-refractivity contribution in [3.05, 3.63) is 36.0 Å². The van der Waals surface area contributed by atoms with Crippen molar-refractivity contribution in [3.8, 4) is 11.5 Å². The Bertz CT molecular complexity index is 728. The van der Waals surface area contributed by atoms with Crippen LogP contribution in [0.3, 0.4) is 0 Å². The zero-order valence-corrected chi connectivity index (χ0v) is 12.3. The zero-order chi connectivity index (χ0) is 14.9. The Labute approximate surface area is 122 Å². The highest BCUT2D eigenvalue weighted by molar-refractivity contribution is 7.89. The predicted molar refractivity (Wildman–Crippen MR) is 74.4 cm³/mol. The quantitative estimate of drug-likeness (QED) is 0.901. The van der Waals surface area contributed by atoms with Gasteiger partial charge in [-0.15, -0.1) is 0 Å². The molecule has 1 aliphatic rings. The van der Waals surface area contributed by atoms with E-state index in [1.54, 1.807) is 19.1 Å². The molecule has 2 heterocycles. The molecule has 0 spiro atoms. The highest BCUT2D eigenvalue weighted by atomic mass is 32.2. The average molecular weight is 309 g/mol. The largest absolute Gasteiger partial charge is 0.454 e. The first-order valence-electron chi connectivity index (χ1n) is 6.49. The van der Waals surface area contributed by atoms with Gasteiger partial charge in [0.25, 0.3) is 10.0 Å². The van der Waals surface area contributed by atoms with Crippen molar-refractivity contribution in [3.63, 3.8) is 0 Å². The summed E-state index contributed by atoms with van der Waals surface area (Å²) in [6.45, 7) is 2.61. The van der Waals surface area contributed by atoms with E-state index < -0.39 is 10.0 Å². The lowest BCUT2D eigenvalue weighted by Crippen LogP contribution is -2.30. The molecule has 0 atom stereocenters. The van der Waals surface area contributed by atoms with Crippen molar-refractivity contribution in [2.45, 2.75) is 18.5 Å². The molecular weight excluding hydrogens is 294 g/mol. The monoisotopic (exact) mass is 309 g/mol. The molecule has 0 saturated heterocycles. The van der Waals surface area contributed by atoms with Gasteiger partial charge in [0.15, 0.2) is 16.5 Å². The van der Waals surface area contributed by atoms with Crippen LogP contribution in [0.2, 0.25) is 0 Å². The van der Waals surface area contributed by atoms with Crippen molar-refractivity contribution in [2.75, 3.05) is 13.3 Å². The van der Waals surface area contributed by atoms with Crippen LogP contribution < -0.4 is 9.47 Å². The molecular formula is C13H15N3O4S. The predicted octanol–water partition coefficient (Wildman–Crippen LogP) is 1.35. The number of nitrogens with one attached hydrogen (secondary N) is 1. The number of fused-ring (bicyclic) bond motifs is 1. The van der Waals surface area contributed by atoms with Gasteiger partial charge in [-0.25, -0.2) is 8.42 Å². The fourth-order valence-electron chi connectivity index (χ4n) is 2.14. The molecule has 0 fully saturated rings. The minimum absolute atomic E-state index is 0.0880. The first kappa shape index (κ1) is 13.9. The van der Waals surface area contributed by atoms with E-state index in [4.69, 9.17) is 9.47 Å². The van der Waals surface area contributed by atoms with Gasteiger partial charge in [-0.2, -0.15) is 9.40 Å². The number of nitrogens with zero attached hydrogens (tertiary/aromatic N) is 2. The molecule has 0 radical (unpaired) electrons. The van der Waals surface area contributed by atoms with E-state index in [0.29, 0.717) is 18.0 Å². The number of hydrogen-bond acceptors (Lipinski definition) is 5. The Morgan fingerprint density at radius 2 is 2.10 bits per heavy atom. The summed E-state index contributed by atoms with van der Waals surface area (Å²) >= 11 is 0. The maximum Gasteiger partial charge on any atom is 0.260 e. The molecule has 1 aliphatic heterocycles. The first-order chi connectivity index (χ1) is 10.1. The number of sulfonamides is 1. The SMILES string of the molecule is CCN(Cc1ccc2c(c1)OCO2)S(=O)(=O)c1ccn[nH]1. The van der Waals surface area contributed by atoms with Crippen LogP contribution >= 0.6 is 0 Å². The Balaban J connectivity index is 1.85. The number of ether oxygens (including phenoxy) is 2. The third-order valence-corrected chi connectivity index (χ3v) is 5.09. The van der Waals surface area contributed by atoms with E-state index in [0.717, 1.165) is 5.56 Å². The Hall–Kier alpha value is -2.06. The molecule has 0 saturated carbocycles. The van der Waals surface area contributed by atoms with Gasteiger partial charge < -0.3 is 9.47 Å². The molecule has 112 valence electrons. The van der Waals surface area contributed by atoms with Crippen molar-refractivity contribution in [1.29, 1.82) is 0 Å². The Morgan fingerprint density at radius 3 is 2.81 bits per heavy atom. The molecule has 21 heavy (non-hydrogen) atoms. The summed E-state index contributed by atoms with van der Waals surface area (Å²) in [4.78, 5) is 0. The van der Waals surface area contributed by atoms with Crippen LogP contribution in [0.1, 0.15) is 12.5 Å². The summed E-state index contributed by atoms with van der Waals surface area (Å²) in [5, 5.41) is 6.28. The fraction of sp³-hybridized carbons (Fsp3) is 0.308. The molecule has 7 nitrogen and oxygen atoms in total. The van der Waals surface area contributed by atoms with Gasteiger partial charge in [0.1, 0.15) is 0 Å². The number of hydrogen-bond donors (Lipinski definition) is 1. The second kappa shape index (κ2) is 5.38. The van der Waals surface area contributed by atoms with Crippen LogP contribution in [-0.2, 0) is 16.6 Å². The fourth-order valence-corrected chi connectivity index (χ4v) is 3.47. The molecule has 8 heteroatoms. The maximum absolute atomic E-state index is 12.5. The number of aromatic amines is 1. The second-order valence-corrected chi connectivity index (χ2v) is 6.45. The van der Waals surface area contributed by atoms with Gasteiger partial charge in [-0.05, 0) is 23.8 Å². The topological polar surface area (TPSA) is 84.5 Å². The molecule has 2 aromatic rings. The average Bonchev–Trinajstić information content (AvgIpc) is 3.14. The van der Waals surface area contributed by atoms with Crippen LogP contribution in [0.5, 0.6) is 11.5 Å². The van der Waals surface area contributed by atoms with Crippen molar-refractivity contribution < 1.29 is 17.9 Å². The first-order valence-corrected chi connectivity index (χ1v) is 7.93. The smallest absolute Gasteiger partial charge is 0.260 e. The normalized spacial score (nSPS) is 13.8. The minimum Gasteiger partial charge on any atom is -0.454 e. The number of H-pyrrole nitrogens is 1. The number of benzene rings is 1. The van der Waals surface area contributed by atoms with Crippen LogP contribution in [0, 0.1) is 0 Å². The van der Waals surface area contributed by atoms with E-state index in [1.807, 2.05) is 6.07 Å². The lowest BCUT2D eigenvalue weighted by atomic mass is 10.2. The molecule has 0 aliphatic carbocycles. The summed E-state index contributed by atoms with van der Waals surface area (Å²) in [5.74, 6) is 1.32. The van der Waals surface area contributed by atoms with Gasteiger partial charge >= 0.3 is 0 Å². The van der Waals surface area contributed by atoms with Gasteiger partial charge in [0.2, 0.25) is 6.79 Å². The maximum atomic E-state index is 12.5. The second-order valence-electron chi connectivity index (χ2n) is 4.54. The van der Waals surface area contributed by atoms with E-state index in [-0.39, 0.29) is 18.4 Å². The van der Waals surface area contributed by atoms with Crippen LogP contribution in [0.4, 0.5) is 0 Å². The summed E-state index contributed by atoms with van der Waals surface area (Å²) in [6.07, 6.45) is 1.42. The molecule has 1 aromatic carbocycles. The van der Waals surface area contributed by atoms with Gasteiger partial charge in [0.05, 0.1) is 6.20 Å². The molecule has 0 bridgehead atoms. The lowest BCUT2D eigenvalue weighted by Gasteiger charge is -2.19.